The predicted molar refractivity (Wildman–Crippen MR) is 131 cm³/mol. The number of hydrogen-bond acceptors (Lipinski definition) is 8. The van der Waals surface area contributed by atoms with Crippen molar-refractivity contribution in [1.82, 2.24) is 29.1 Å². The lowest BCUT2D eigenvalue weighted by Gasteiger charge is -2.22. The van der Waals surface area contributed by atoms with Crippen molar-refractivity contribution in [1.29, 1.82) is 0 Å². The van der Waals surface area contributed by atoms with Crippen LogP contribution in [0.3, 0.4) is 0 Å². The molecule has 1 atom stereocenters. The minimum atomic E-state index is -0.627. The van der Waals surface area contributed by atoms with E-state index in [2.05, 4.69) is 20.3 Å². The van der Waals surface area contributed by atoms with Crippen LogP contribution < -0.4 is 10.9 Å². The summed E-state index contributed by atoms with van der Waals surface area (Å²) in [5.41, 5.74) is 1.26. The van der Waals surface area contributed by atoms with Gasteiger partial charge in [0.1, 0.15) is 23.4 Å². The lowest BCUT2D eigenvalue weighted by atomic mass is 10.1. The first-order valence-corrected chi connectivity index (χ1v) is 11.3. The van der Waals surface area contributed by atoms with Gasteiger partial charge in [0.25, 0.3) is 5.56 Å². The summed E-state index contributed by atoms with van der Waals surface area (Å²) in [6, 6.07) is 12.9. The second kappa shape index (κ2) is 9.53. The molecule has 11 heteroatoms. The Balaban J connectivity index is 1.63. The van der Waals surface area contributed by atoms with E-state index in [9.17, 15) is 14.0 Å². The molecule has 5 aromatic rings. The van der Waals surface area contributed by atoms with E-state index in [-0.39, 0.29) is 17.6 Å². The number of anilines is 1. The zero-order valence-corrected chi connectivity index (χ0v) is 19.6. The van der Waals surface area contributed by atoms with Gasteiger partial charge in [0, 0.05) is 6.92 Å². The first-order chi connectivity index (χ1) is 17.5. The molecular weight excluding hydrogens is 465 g/mol. The summed E-state index contributed by atoms with van der Waals surface area (Å²) in [5.74, 6) is -0.231. The monoisotopic (exact) mass is 487 g/mol. The Morgan fingerprint density at radius 2 is 1.92 bits per heavy atom. The van der Waals surface area contributed by atoms with Crippen molar-refractivity contribution in [2.24, 2.45) is 0 Å². The number of esters is 1. The molecule has 0 aliphatic heterocycles. The van der Waals surface area contributed by atoms with Gasteiger partial charge in [0.05, 0.1) is 23.6 Å². The highest BCUT2D eigenvalue weighted by atomic mass is 19.1. The second-order valence-electron chi connectivity index (χ2n) is 8.06. The number of aromatic nitrogens is 6. The number of fused-ring (bicyclic) bond motifs is 2. The summed E-state index contributed by atoms with van der Waals surface area (Å²) in [6.45, 7) is 3.22. The largest absolute Gasteiger partial charge is 0.444 e. The van der Waals surface area contributed by atoms with Gasteiger partial charge in [-0.25, -0.2) is 24.3 Å². The maximum Gasteiger partial charge on any atom is 0.304 e. The third kappa shape index (κ3) is 4.15. The van der Waals surface area contributed by atoms with E-state index in [1.807, 2.05) is 13.0 Å². The highest BCUT2D eigenvalue weighted by Gasteiger charge is 2.23. The van der Waals surface area contributed by atoms with Crippen LogP contribution in [0.2, 0.25) is 0 Å². The molecule has 0 fully saturated rings. The molecule has 3 aromatic heterocycles. The number of rotatable bonds is 7. The molecule has 0 bridgehead atoms. The first kappa shape index (κ1) is 23.1. The fourth-order valence-electron chi connectivity index (χ4n) is 4.02. The van der Waals surface area contributed by atoms with Gasteiger partial charge in [0.2, 0.25) is 0 Å². The number of carbonyl (C=O) groups is 1. The molecule has 0 unspecified atom stereocenters. The van der Waals surface area contributed by atoms with Crippen LogP contribution >= 0.6 is 0 Å². The lowest BCUT2D eigenvalue weighted by Crippen LogP contribution is -2.28. The molecule has 0 amide bonds. The molecule has 2 aromatic carbocycles. The van der Waals surface area contributed by atoms with E-state index in [1.54, 1.807) is 34.9 Å². The smallest absolute Gasteiger partial charge is 0.304 e. The number of ether oxygens (including phenoxy) is 1. The van der Waals surface area contributed by atoms with E-state index >= 15 is 0 Å². The van der Waals surface area contributed by atoms with Crippen LogP contribution in [0.25, 0.3) is 27.8 Å². The standard InChI is InChI=1S/C25H22FN7O3/c1-3-18(30-22-21-24(28-12-27-22)32(13-29-21)14-36-15(2)34)23-31-19-11-7-10-17(26)20(19)25(35)33(23)16-8-5-4-6-9-16/h4-13,18H,3,14H2,1-2H3,(H,27,28,30)/t18-/m0/s1. The van der Waals surface area contributed by atoms with Crippen LogP contribution in [0.5, 0.6) is 0 Å². The van der Waals surface area contributed by atoms with Crippen molar-refractivity contribution in [2.45, 2.75) is 33.0 Å². The molecule has 0 saturated carbocycles. The predicted octanol–water partition coefficient (Wildman–Crippen LogP) is 3.75. The number of nitrogens with one attached hydrogen (secondary N) is 1. The van der Waals surface area contributed by atoms with Gasteiger partial charge >= 0.3 is 5.97 Å². The molecule has 3 heterocycles. The Hall–Kier alpha value is -4.67. The summed E-state index contributed by atoms with van der Waals surface area (Å²) < 4.78 is 22.7. The quantitative estimate of drug-likeness (QED) is 0.345. The Morgan fingerprint density at radius 1 is 1.11 bits per heavy atom. The number of hydrogen-bond donors (Lipinski definition) is 1. The van der Waals surface area contributed by atoms with E-state index in [1.165, 1.54) is 36.3 Å². The minimum Gasteiger partial charge on any atom is -0.444 e. The average Bonchev–Trinajstić information content (AvgIpc) is 3.30. The number of benzene rings is 2. The highest BCUT2D eigenvalue weighted by Crippen LogP contribution is 2.27. The van der Waals surface area contributed by atoms with Gasteiger partial charge in [-0.2, -0.15) is 0 Å². The maximum absolute atomic E-state index is 14.7. The molecule has 0 aliphatic carbocycles. The highest BCUT2D eigenvalue weighted by molar-refractivity contribution is 5.83. The van der Waals surface area contributed by atoms with Crippen molar-refractivity contribution in [3.63, 3.8) is 0 Å². The van der Waals surface area contributed by atoms with Crippen molar-refractivity contribution in [2.75, 3.05) is 5.32 Å². The molecule has 10 nitrogen and oxygen atoms in total. The molecule has 182 valence electrons. The van der Waals surface area contributed by atoms with Crippen molar-refractivity contribution in [3.8, 4) is 5.69 Å². The molecule has 0 spiro atoms. The summed E-state index contributed by atoms with van der Waals surface area (Å²) >= 11 is 0. The van der Waals surface area contributed by atoms with Crippen LogP contribution in [-0.2, 0) is 16.3 Å². The molecule has 1 N–H and O–H groups in total. The SMILES string of the molecule is CC[C@H](Nc1ncnc2c1ncn2COC(C)=O)c1nc2cccc(F)c2c(=O)n1-c1ccccc1. The van der Waals surface area contributed by atoms with Gasteiger partial charge in [-0.15, -0.1) is 0 Å². The third-order valence-electron chi connectivity index (χ3n) is 5.73. The second-order valence-corrected chi connectivity index (χ2v) is 8.06. The normalized spacial score (nSPS) is 12.1. The Kier molecular flexibility index (Phi) is 6.11. The zero-order chi connectivity index (χ0) is 25.2. The fourth-order valence-corrected chi connectivity index (χ4v) is 4.02. The molecule has 0 radical (unpaired) electrons. The molecular formula is C25H22FN7O3. The van der Waals surface area contributed by atoms with Crippen molar-refractivity contribution < 1.29 is 13.9 Å². The van der Waals surface area contributed by atoms with E-state index in [0.29, 0.717) is 34.9 Å². The van der Waals surface area contributed by atoms with Gasteiger partial charge in [-0.05, 0) is 30.7 Å². The van der Waals surface area contributed by atoms with Gasteiger partial charge in [-0.1, -0.05) is 31.2 Å². The number of para-hydroxylation sites is 1. The molecule has 0 aliphatic rings. The van der Waals surface area contributed by atoms with Crippen molar-refractivity contribution >= 4 is 33.9 Å². The Bertz CT molecular complexity index is 1630. The molecule has 0 saturated heterocycles. The molecule has 5 rings (SSSR count). The average molecular weight is 487 g/mol. The third-order valence-corrected chi connectivity index (χ3v) is 5.73. The van der Waals surface area contributed by atoms with Crippen LogP contribution in [0.15, 0.2) is 66.0 Å². The number of imidazole rings is 1. The Morgan fingerprint density at radius 3 is 2.67 bits per heavy atom. The van der Waals surface area contributed by atoms with E-state index < -0.39 is 23.4 Å². The zero-order valence-electron chi connectivity index (χ0n) is 19.6. The summed E-state index contributed by atoms with van der Waals surface area (Å²) in [7, 11) is 0. The van der Waals surface area contributed by atoms with Crippen LogP contribution in [-0.4, -0.2) is 35.0 Å². The van der Waals surface area contributed by atoms with Gasteiger partial charge in [0.15, 0.2) is 23.7 Å². The summed E-state index contributed by atoms with van der Waals surface area (Å²) in [4.78, 5) is 42.5. The van der Waals surface area contributed by atoms with E-state index in [0.717, 1.165) is 0 Å². The minimum absolute atomic E-state index is 0.0369. The van der Waals surface area contributed by atoms with Gasteiger partial charge < -0.3 is 10.1 Å². The van der Waals surface area contributed by atoms with Crippen LogP contribution in [0.4, 0.5) is 10.2 Å². The molecule has 36 heavy (non-hydrogen) atoms. The fraction of sp³-hybridized carbons (Fsp3) is 0.200. The van der Waals surface area contributed by atoms with Gasteiger partial charge in [-0.3, -0.25) is 18.7 Å². The summed E-state index contributed by atoms with van der Waals surface area (Å²) in [5, 5.41) is 3.26. The van der Waals surface area contributed by atoms with Crippen molar-refractivity contribution in [3.05, 3.63) is 83.2 Å². The number of carbonyl (C=O) groups excluding carboxylic acids is 1. The first-order valence-electron chi connectivity index (χ1n) is 11.3. The lowest BCUT2D eigenvalue weighted by molar-refractivity contribution is -0.144. The topological polar surface area (TPSA) is 117 Å². The summed E-state index contributed by atoms with van der Waals surface area (Å²) in [6.07, 6.45) is 3.40. The van der Waals surface area contributed by atoms with Crippen LogP contribution in [0.1, 0.15) is 32.1 Å². The Labute approximate surface area is 204 Å². The van der Waals surface area contributed by atoms with Crippen LogP contribution in [0, 0.1) is 5.82 Å². The van der Waals surface area contributed by atoms with E-state index in [4.69, 9.17) is 9.72 Å². The number of nitrogens with zero attached hydrogens (tertiary/aromatic N) is 6. The number of halogens is 1. The maximum atomic E-state index is 14.7.